The van der Waals surface area contributed by atoms with Crippen molar-refractivity contribution >= 4 is 0 Å². The van der Waals surface area contributed by atoms with Crippen molar-refractivity contribution in [1.82, 2.24) is 4.90 Å². The summed E-state index contributed by atoms with van der Waals surface area (Å²) >= 11 is 0. The normalized spacial score (nSPS) is 26.7. The molecular weight excluding hydrogens is 134 g/mol. The molecule has 1 saturated heterocycles. The number of likely N-dealkylation sites (tertiary alicyclic amines) is 1. The summed E-state index contributed by atoms with van der Waals surface area (Å²) in [5.74, 6) is 0. The summed E-state index contributed by atoms with van der Waals surface area (Å²) in [5.41, 5.74) is 0.512. The second-order valence-corrected chi connectivity index (χ2v) is 4.84. The summed E-state index contributed by atoms with van der Waals surface area (Å²) in [6, 6.07) is 0.889. The lowest BCUT2D eigenvalue weighted by Crippen LogP contribution is -2.48. The van der Waals surface area contributed by atoms with Gasteiger partial charge < -0.3 is 4.90 Å². The highest BCUT2D eigenvalue weighted by atomic mass is 15.2. The Labute approximate surface area is 70.8 Å². The highest BCUT2D eigenvalue weighted by Gasteiger charge is 2.29. The molecule has 1 heterocycles. The maximum absolute atomic E-state index is 2.57. The summed E-state index contributed by atoms with van der Waals surface area (Å²) in [5, 5.41) is 0. The maximum Gasteiger partial charge on any atom is 0.0112 e. The molecule has 1 aliphatic heterocycles. The van der Waals surface area contributed by atoms with Crippen LogP contribution in [0, 0.1) is 5.41 Å². The Hall–Kier alpha value is -0.0400. The highest BCUT2D eigenvalue weighted by Crippen LogP contribution is 2.29. The average molecular weight is 155 g/mol. The van der Waals surface area contributed by atoms with Gasteiger partial charge in [0.25, 0.3) is 0 Å². The molecule has 66 valence electrons. The third kappa shape index (κ3) is 2.48. The molecule has 0 radical (unpaired) electrons. The number of nitrogens with zero attached hydrogens (tertiary/aromatic N) is 1. The predicted molar refractivity (Wildman–Crippen MR) is 49.7 cm³/mol. The van der Waals surface area contributed by atoms with E-state index in [-0.39, 0.29) is 0 Å². The van der Waals surface area contributed by atoms with Gasteiger partial charge in [0.1, 0.15) is 0 Å². The third-order valence-corrected chi connectivity index (χ3v) is 2.52. The Morgan fingerprint density at radius 3 is 2.27 bits per heavy atom. The monoisotopic (exact) mass is 155 g/mol. The predicted octanol–water partition coefficient (Wildman–Crippen LogP) is 2.52. The van der Waals surface area contributed by atoms with E-state index < -0.39 is 0 Å². The van der Waals surface area contributed by atoms with E-state index in [2.05, 4.69) is 32.6 Å². The summed E-state index contributed by atoms with van der Waals surface area (Å²) in [6.07, 6.45) is 2.78. The molecule has 0 spiro atoms. The topological polar surface area (TPSA) is 3.24 Å². The van der Waals surface area contributed by atoms with E-state index in [9.17, 15) is 0 Å². The fourth-order valence-corrected chi connectivity index (χ4v) is 1.85. The van der Waals surface area contributed by atoms with E-state index in [1.54, 1.807) is 0 Å². The van der Waals surface area contributed by atoms with Gasteiger partial charge >= 0.3 is 0 Å². The van der Waals surface area contributed by atoms with Crippen molar-refractivity contribution in [2.45, 2.75) is 46.6 Å². The van der Waals surface area contributed by atoms with Crippen molar-refractivity contribution in [2.75, 3.05) is 13.1 Å². The summed E-state index contributed by atoms with van der Waals surface area (Å²) in [7, 11) is 0. The first-order valence-corrected chi connectivity index (χ1v) is 4.77. The lowest BCUT2D eigenvalue weighted by atomic mass is 9.83. The number of rotatable bonds is 2. The van der Waals surface area contributed by atoms with E-state index in [1.807, 2.05) is 0 Å². The minimum absolute atomic E-state index is 0.512. The highest BCUT2D eigenvalue weighted by molar-refractivity contribution is 4.85. The van der Waals surface area contributed by atoms with E-state index in [0.29, 0.717) is 5.41 Å². The summed E-state index contributed by atoms with van der Waals surface area (Å²) < 4.78 is 0. The molecule has 1 atom stereocenters. The van der Waals surface area contributed by atoms with Crippen LogP contribution in [0.15, 0.2) is 0 Å². The Morgan fingerprint density at radius 2 is 2.00 bits per heavy atom. The molecule has 1 fully saturated rings. The minimum atomic E-state index is 0.512. The molecule has 1 aliphatic rings. The molecule has 1 heteroatoms. The molecule has 0 aromatic carbocycles. The summed E-state index contributed by atoms with van der Waals surface area (Å²) in [4.78, 5) is 2.57. The van der Waals surface area contributed by atoms with Crippen LogP contribution in [0.2, 0.25) is 0 Å². The van der Waals surface area contributed by atoms with Crippen molar-refractivity contribution in [3.8, 4) is 0 Å². The first kappa shape index (κ1) is 9.05. The molecule has 0 amide bonds. The van der Waals surface area contributed by atoms with E-state index >= 15 is 0 Å². The van der Waals surface area contributed by atoms with E-state index in [0.717, 1.165) is 6.04 Å². The fourth-order valence-electron chi connectivity index (χ4n) is 1.85. The molecule has 0 bridgehead atoms. The standard InChI is InChI=1S/C10H21N/c1-5-11-7-6-9(11)8-10(2,3)4/h9H,5-8H2,1-4H3. The number of hydrogen-bond donors (Lipinski definition) is 0. The van der Waals surface area contributed by atoms with Gasteiger partial charge in [-0.1, -0.05) is 27.7 Å². The quantitative estimate of drug-likeness (QED) is 0.592. The molecule has 0 aromatic rings. The van der Waals surface area contributed by atoms with Crippen LogP contribution in [0.25, 0.3) is 0 Å². The van der Waals surface area contributed by atoms with Gasteiger partial charge in [0.15, 0.2) is 0 Å². The zero-order valence-electron chi connectivity index (χ0n) is 8.35. The SMILES string of the molecule is CCN1CCC1CC(C)(C)C. The van der Waals surface area contributed by atoms with Crippen LogP contribution in [0.4, 0.5) is 0 Å². The first-order chi connectivity index (χ1) is 5.03. The van der Waals surface area contributed by atoms with Crippen molar-refractivity contribution in [2.24, 2.45) is 5.41 Å². The molecule has 0 aromatic heterocycles. The molecule has 1 nitrogen and oxygen atoms in total. The van der Waals surface area contributed by atoms with Gasteiger partial charge in [-0.15, -0.1) is 0 Å². The maximum atomic E-state index is 2.57. The van der Waals surface area contributed by atoms with E-state index in [1.165, 1.54) is 25.9 Å². The van der Waals surface area contributed by atoms with Gasteiger partial charge in [-0.2, -0.15) is 0 Å². The Kier molecular flexibility index (Phi) is 2.58. The van der Waals surface area contributed by atoms with Crippen molar-refractivity contribution < 1.29 is 0 Å². The molecular formula is C10H21N. The smallest absolute Gasteiger partial charge is 0.0112 e. The van der Waals surface area contributed by atoms with Crippen LogP contribution in [0.3, 0.4) is 0 Å². The Morgan fingerprint density at radius 1 is 1.36 bits per heavy atom. The van der Waals surface area contributed by atoms with Crippen LogP contribution >= 0.6 is 0 Å². The van der Waals surface area contributed by atoms with Crippen LogP contribution in [-0.2, 0) is 0 Å². The molecule has 0 saturated carbocycles. The van der Waals surface area contributed by atoms with Gasteiger partial charge in [0, 0.05) is 6.04 Å². The fraction of sp³-hybridized carbons (Fsp3) is 1.00. The Bertz CT molecular complexity index is 121. The average Bonchev–Trinajstić information content (AvgIpc) is 1.80. The Balaban J connectivity index is 2.27. The van der Waals surface area contributed by atoms with Gasteiger partial charge in [-0.3, -0.25) is 0 Å². The largest absolute Gasteiger partial charge is 0.301 e. The number of hydrogen-bond acceptors (Lipinski definition) is 1. The van der Waals surface area contributed by atoms with Gasteiger partial charge in [-0.05, 0) is 31.3 Å². The van der Waals surface area contributed by atoms with Crippen LogP contribution < -0.4 is 0 Å². The molecule has 0 N–H and O–H groups in total. The van der Waals surface area contributed by atoms with Gasteiger partial charge in [0.2, 0.25) is 0 Å². The van der Waals surface area contributed by atoms with Crippen molar-refractivity contribution in [1.29, 1.82) is 0 Å². The van der Waals surface area contributed by atoms with Crippen LogP contribution in [0.1, 0.15) is 40.5 Å². The van der Waals surface area contributed by atoms with Crippen molar-refractivity contribution in [3.05, 3.63) is 0 Å². The van der Waals surface area contributed by atoms with E-state index in [4.69, 9.17) is 0 Å². The first-order valence-electron chi connectivity index (χ1n) is 4.77. The molecule has 0 aliphatic carbocycles. The second-order valence-electron chi connectivity index (χ2n) is 4.84. The molecule has 11 heavy (non-hydrogen) atoms. The summed E-state index contributed by atoms with van der Waals surface area (Å²) in [6.45, 7) is 11.8. The minimum Gasteiger partial charge on any atom is -0.301 e. The zero-order valence-corrected chi connectivity index (χ0v) is 8.35. The van der Waals surface area contributed by atoms with Crippen molar-refractivity contribution in [3.63, 3.8) is 0 Å². The van der Waals surface area contributed by atoms with Gasteiger partial charge in [0.05, 0.1) is 0 Å². The van der Waals surface area contributed by atoms with Gasteiger partial charge in [-0.25, -0.2) is 0 Å². The lowest BCUT2D eigenvalue weighted by Gasteiger charge is -2.43. The third-order valence-electron chi connectivity index (χ3n) is 2.52. The molecule has 1 unspecified atom stereocenters. The second kappa shape index (κ2) is 3.14. The zero-order chi connectivity index (χ0) is 8.48. The van der Waals surface area contributed by atoms with Crippen LogP contribution in [-0.4, -0.2) is 24.0 Å². The molecule has 1 rings (SSSR count). The van der Waals surface area contributed by atoms with Crippen LogP contribution in [0.5, 0.6) is 0 Å². The lowest BCUT2D eigenvalue weighted by molar-refractivity contribution is 0.0637.